The third kappa shape index (κ3) is 5.08. The maximum atomic E-state index is 13.3. The van der Waals surface area contributed by atoms with Crippen molar-refractivity contribution in [1.29, 1.82) is 0 Å². The molecule has 2 aromatic carbocycles. The van der Waals surface area contributed by atoms with Crippen LogP contribution in [0, 0.1) is 11.7 Å². The highest BCUT2D eigenvalue weighted by molar-refractivity contribution is 7.92. The van der Waals surface area contributed by atoms with Crippen LogP contribution in [-0.4, -0.2) is 32.3 Å². The number of carbonyl (C=O) groups excluding carboxylic acids is 1. The number of rotatable bonds is 5. The van der Waals surface area contributed by atoms with Crippen LogP contribution in [0.3, 0.4) is 0 Å². The van der Waals surface area contributed by atoms with E-state index in [1.807, 2.05) is 7.05 Å². The maximum absolute atomic E-state index is 13.3. The molecule has 1 aliphatic carbocycles. The van der Waals surface area contributed by atoms with Crippen LogP contribution in [0.5, 0.6) is 0 Å². The molecule has 0 bridgehead atoms. The summed E-state index contributed by atoms with van der Waals surface area (Å²) in [5, 5.41) is -0.269. The molecule has 0 radical (unpaired) electrons. The van der Waals surface area contributed by atoms with Gasteiger partial charge in [0.15, 0.2) is 0 Å². The van der Waals surface area contributed by atoms with Gasteiger partial charge in [0.25, 0.3) is 15.9 Å². The van der Waals surface area contributed by atoms with E-state index in [4.69, 9.17) is 11.6 Å². The van der Waals surface area contributed by atoms with Crippen LogP contribution in [0.25, 0.3) is 0 Å². The standard InChI is InChI=1S/C21H24ClFN2O3S/c1-14-3-9-17(10-4-14)25(2)21(26)15-5-7-16(8-6-15)24-29(27,28)18-11-12-20(23)19(22)13-18/h5-8,11-14,17,24H,3-4,9-10H2,1-2H3. The van der Waals surface area contributed by atoms with Crippen molar-refractivity contribution in [3.63, 3.8) is 0 Å². The van der Waals surface area contributed by atoms with Crippen molar-refractivity contribution in [1.82, 2.24) is 4.90 Å². The van der Waals surface area contributed by atoms with E-state index in [1.165, 1.54) is 12.1 Å². The lowest BCUT2D eigenvalue weighted by Crippen LogP contribution is -2.39. The van der Waals surface area contributed by atoms with Crippen molar-refractivity contribution in [2.75, 3.05) is 11.8 Å². The number of anilines is 1. The highest BCUT2D eigenvalue weighted by Crippen LogP contribution is 2.27. The molecule has 5 nitrogen and oxygen atoms in total. The van der Waals surface area contributed by atoms with Gasteiger partial charge in [-0.2, -0.15) is 0 Å². The molecule has 0 unspecified atom stereocenters. The number of hydrogen-bond donors (Lipinski definition) is 1. The normalized spacial score (nSPS) is 19.6. The highest BCUT2D eigenvalue weighted by atomic mass is 35.5. The molecule has 0 heterocycles. The van der Waals surface area contributed by atoms with Crippen LogP contribution in [0.1, 0.15) is 43.0 Å². The molecule has 2 aromatic rings. The molecule has 0 aromatic heterocycles. The lowest BCUT2D eigenvalue weighted by atomic mass is 9.86. The minimum atomic E-state index is -3.92. The molecule has 156 valence electrons. The van der Waals surface area contributed by atoms with E-state index in [-0.39, 0.29) is 21.9 Å². The topological polar surface area (TPSA) is 66.5 Å². The zero-order valence-corrected chi connectivity index (χ0v) is 17.9. The number of hydrogen-bond acceptors (Lipinski definition) is 3. The Bertz CT molecular complexity index is 987. The van der Waals surface area contributed by atoms with Crippen molar-refractivity contribution in [3.8, 4) is 0 Å². The van der Waals surface area contributed by atoms with E-state index in [0.717, 1.165) is 43.9 Å². The van der Waals surface area contributed by atoms with Gasteiger partial charge in [-0.15, -0.1) is 0 Å². The SMILES string of the molecule is CC1CCC(N(C)C(=O)c2ccc(NS(=O)(=O)c3ccc(F)c(Cl)c3)cc2)CC1. The molecule has 0 spiro atoms. The summed E-state index contributed by atoms with van der Waals surface area (Å²) < 4.78 is 40.6. The fourth-order valence-electron chi connectivity index (χ4n) is 3.54. The highest BCUT2D eigenvalue weighted by Gasteiger charge is 2.25. The summed E-state index contributed by atoms with van der Waals surface area (Å²) in [6.07, 6.45) is 4.25. The lowest BCUT2D eigenvalue weighted by Gasteiger charge is -2.33. The van der Waals surface area contributed by atoms with Gasteiger partial charge in [-0.1, -0.05) is 18.5 Å². The van der Waals surface area contributed by atoms with Gasteiger partial charge in [0.2, 0.25) is 0 Å². The average Bonchev–Trinajstić information content (AvgIpc) is 2.70. The second kappa shape index (κ2) is 8.71. The van der Waals surface area contributed by atoms with Crippen molar-refractivity contribution >= 4 is 33.2 Å². The molecular weight excluding hydrogens is 415 g/mol. The van der Waals surface area contributed by atoms with E-state index in [0.29, 0.717) is 17.2 Å². The fourth-order valence-corrected chi connectivity index (χ4v) is 4.87. The Morgan fingerprint density at radius 1 is 1.10 bits per heavy atom. The summed E-state index contributed by atoms with van der Waals surface area (Å²) in [5.74, 6) is -0.0626. The van der Waals surface area contributed by atoms with E-state index in [2.05, 4.69) is 11.6 Å². The molecule has 1 saturated carbocycles. The molecule has 1 N–H and O–H groups in total. The van der Waals surface area contributed by atoms with Crippen molar-refractivity contribution in [2.45, 2.75) is 43.5 Å². The van der Waals surface area contributed by atoms with Gasteiger partial charge in [0.05, 0.1) is 9.92 Å². The summed E-state index contributed by atoms with van der Waals surface area (Å²) >= 11 is 5.67. The molecule has 0 saturated heterocycles. The molecule has 1 aliphatic rings. The maximum Gasteiger partial charge on any atom is 0.261 e. The fraction of sp³-hybridized carbons (Fsp3) is 0.381. The summed E-state index contributed by atoms with van der Waals surface area (Å²) in [4.78, 5) is 14.4. The van der Waals surface area contributed by atoms with Crippen LogP contribution in [0.4, 0.5) is 10.1 Å². The van der Waals surface area contributed by atoms with E-state index in [1.54, 1.807) is 17.0 Å². The third-order valence-electron chi connectivity index (χ3n) is 5.44. The molecule has 1 fully saturated rings. The molecule has 29 heavy (non-hydrogen) atoms. The molecule has 3 rings (SSSR count). The monoisotopic (exact) mass is 438 g/mol. The Kier molecular flexibility index (Phi) is 6.49. The van der Waals surface area contributed by atoms with Gasteiger partial charge >= 0.3 is 0 Å². The zero-order chi connectivity index (χ0) is 21.2. The number of benzene rings is 2. The Balaban J connectivity index is 1.69. The van der Waals surface area contributed by atoms with Gasteiger partial charge in [0, 0.05) is 24.3 Å². The summed E-state index contributed by atoms with van der Waals surface area (Å²) in [6, 6.07) is 9.69. The smallest absolute Gasteiger partial charge is 0.261 e. The second-order valence-corrected chi connectivity index (χ2v) is 9.68. The largest absolute Gasteiger partial charge is 0.339 e. The van der Waals surface area contributed by atoms with E-state index < -0.39 is 15.8 Å². The van der Waals surface area contributed by atoms with Gasteiger partial charge < -0.3 is 4.90 Å². The predicted octanol–water partition coefficient (Wildman–Crippen LogP) is 4.93. The van der Waals surface area contributed by atoms with E-state index >= 15 is 0 Å². The predicted molar refractivity (Wildman–Crippen MR) is 112 cm³/mol. The van der Waals surface area contributed by atoms with Crippen molar-refractivity contribution in [2.24, 2.45) is 5.92 Å². The Morgan fingerprint density at radius 3 is 2.31 bits per heavy atom. The van der Waals surface area contributed by atoms with Gasteiger partial charge in [-0.25, -0.2) is 12.8 Å². The summed E-state index contributed by atoms with van der Waals surface area (Å²) in [6.45, 7) is 2.23. The minimum absolute atomic E-state index is 0.0794. The van der Waals surface area contributed by atoms with Crippen LogP contribution in [-0.2, 0) is 10.0 Å². The molecule has 0 aliphatic heterocycles. The Labute approximate surface area is 175 Å². The van der Waals surface area contributed by atoms with Crippen molar-refractivity contribution < 1.29 is 17.6 Å². The first kappa shape index (κ1) is 21.6. The van der Waals surface area contributed by atoms with Gasteiger partial charge in [-0.05, 0) is 74.1 Å². The first-order valence-electron chi connectivity index (χ1n) is 9.52. The summed E-state index contributed by atoms with van der Waals surface area (Å²) in [5.41, 5.74) is 0.801. The first-order chi connectivity index (χ1) is 13.7. The van der Waals surface area contributed by atoms with Crippen LogP contribution >= 0.6 is 11.6 Å². The van der Waals surface area contributed by atoms with E-state index in [9.17, 15) is 17.6 Å². The molecule has 8 heteroatoms. The number of sulfonamides is 1. The van der Waals surface area contributed by atoms with Crippen molar-refractivity contribution in [3.05, 3.63) is 58.9 Å². The zero-order valence-electron chi connectivity index (χ0n) is 16.4. The Hall–Kier alpha value is -2.12. The minimum Gasteiger partial charge on any atom is -0.339 e. The molecule has 1 amide bonds. The third-order valence-corrected chi connectivity index (χ3v) is 7.11. The average molecular weight is 439 g/mol. The number of amides is 1. The number of carbonyl (C=O) groups is 1. The van der Waals surface area contributed by atoms with Crippen LogP contribution < -0.4 is 4.72 Å². The molecule has 0 atom stereocenters. The molecular formula is C21H24ClFN2O3S. The lowest BCUT2D eigenvalue weighted by molar-refractivity contribution is 0.0679. The number of nitrogens with zero attached hydrogens (tertiary/aromatic N) is 1. The second-order valence-electron chi connectivity index (χ2n) is 7.59. The number of halogens is 2. The number of nitrogens with one attached hydrogen (secondary N) is 1. The summed E-state index contributed by atoms with van der Waals surface area (Å²) in [7, 11) is -2.10. The van der Waals surface area contributed by atoms with Gasteiger partial charge in [0.1, 0.15) is 5.82 Å². The van der Waals surface area contributed by atoms with Gasteiger partial charge in [-0.3, -0.25) is 9.52 Å². The quantitative estimate of drug-likeness (QED) is 0.719. The van der Waals surface area contributed by atoms with Crippen LogP contribution in [0.2, 0.25) is 5.02 Å². The van der Waals surface area contributed by atoms with Crippen LogP contribution in [0.15, 0.2) is 47.4 Å². The first-order valence-corrected chi connectivity index (χ1v) is 11.4. The Morgan fingerprint density at radius 2 is 1.72 bits per heavy atom.